The minimum Gasteiger partial charge on any atom is -0.480 e. The fourth-order valence-electron chi connectivity index (χ4n) is 5.68. The standard InChI is InChI=1S/C27H30N2O6/c30-24(31)15-29(17-7-1-2-8-17)26(32)25-23(13-14-34-25)28-27(33)35-16-22-20-11-5-3-9-18(20)19-10-4-6-12-21(19)22/h3-6,9-12,17,22-23,25H,1-2,7-8,13-16H2,(H,28,33)(H,30,31)/t23-,25+/m1/s1. The molecule has 0 radical (unpaired) electrons. The molecule has 0 spiro atoms. The number of nitrogens with one attached hydrogen (secondary N) is 1. The zero-order valence-corrected chi connectivity index (χ0v) is 19.5. The molecule has 1 saturated carbocycles. The van der Waals surface area contributed by atoms with Crippen molar-refractivity contribution in [1.82, 2.24) is 10.2 Å². The summed E-state index contributed by atoms with van der Waals surface area (Å²) in [6.45, 7) is 0.136. The van der Waals surface area contributed by atoms with Gasteiger partial charge in [0.2, 0.25) is 0 Å². The molecule has 1 saturated heterocycles. The van der Waals surface area contributed by atoms with Crippen molar-refractivity contribution in [3.8, 4) is 11.1 Å². The first-order valence-corrected chi connectivity index (χ1v) is 12.3. The van der Waals surface area contributed by atoms with Gasteiger partial charge >= 0.3 is 12.1 Å². The number of carboxylic acids is 1. The third kappa shape index (κ3) is 4.75. The number of ether oxygens (including phenoxy) is 2. The van der Waals surface area contributed by atoms with Crippen molar-refractivity contribution in [2.45, 2.75) is 56.2 Å². The molecular weight excluding hydrogens is 448 g/mol. The molecule has 2 N–H and O–H groups in total. The normalized spacial score (nSPS) is 21.4. The van der Waals surface area contributed by atoms with Crippen LogP contribution in [0.3, 0.4) is 0 Å². The van der Waals surface area contributed by atoms with Gasteiger partial charge in [-0.3, -0.25) is 9.59 Å². The number of aliphatic carboxylic acids is 1. The fraction of sp³-hybridized carbons (Fsp3) is 0.444. The van der Waals surface area contributed by atoms with Gasteiger partial charge < -0.3 is 24.8 Å². The summed E-state index contributed by atoms with van der Waals surface area (Å²) >= 11 is 0. The molecule has 2 atom stereocenters. The maximum absolute atomic E-state index is 13.2. The number of benzene rings is 2. The monoisotopic (exact) mass is 478 g/mol. The molecule has 2 fully saturated rings. The lowest BCUT2D eigenvalue weighted by molar-refractivity contribution is -0.151. The first-order valence-electron chi connectivity index (χ1n) is 12.3. The van der Waals surface area contributed by atoms with E-state index in [-0.39, 0.29) is 31.0 Å². The lowest BCUT2D eigenvalue weighted by atomic mass is 9.98. The Morgan fingerprint density at radius 1 is 0.971 bits per heavy atom. The summed E-state index contributed by atoms with van der Waals surface area (Å²) in [4.78, 5) is 38.8. The summed E-state index contributed by atoms with van der Waals surface area (Å²) in [5, 5.41) is 12.1. The summed E-state index contributed by atoms with van der Waals surface area (Å²) in [5.74, 6) is -1.48. The number of nitrogens with zero attached hydrogens (tertiary/aromatic N) is 1. The smallest absolute Gasteiger partial charge is 0.407 e. The Bertz CT molecular complexity index is 1070. The van der Waals surface area contributed by atoms with Crippen LogP contribution in [-0.4, -0.2) is 65.9 Å². The Balaban J connectivity index is 1.23. The van der Waals surface area contributed by atoms with E-state index in [2.05, 4.69) is 29.6 Å². The van der Waals surface area contributed by atoms with E-state index < -0.39 is 24.2 Å². The number of carboxylic acid groups (broad SMARTS) is 1. The second-order valence-corrected chi connectivity index (χ2v) is 9.45. The number of alkyl carbamates (subject to hydrolysis) is 1. The van der Waals surface area contributed by atoms with Crippen LogP contribution in [0.15, 0.2) is 48.5 Å². The van der Waals surface area contributed by atoms with E-state index in [0.717, 1.165) is 47.9 Å². The van der Waals surface area contributed by atoms with Gasteiger partial charge in [0.15, 0.2) is 6.10 Å². The van der Waals surface area contributed by atoms with E-state index in [1.807, 2.05) is 24.3 Å². The summed E-state index contributed by atoms with van der Waals surface area (Å²) in [6.07, 6.45) is 2.47. The van der Waals surface area contributed by atoms with Crippen molar-refractivity contribution < 1.29 is 29.0 Å². The fourth-order valence-corrected chi connectivity index (χ4v) is 5.68. The highest BCUT2D eigenvalue weighted by molar-refractivity contribution is 5.86. The lowest BCUT2D eigenvalue weighted by Crippen LogP contribution is -2.53. The second kappa shape index (κ2) is 10.1. The van der Waals surface area contributed by atoms with E-state index >= 15 is 0 Å². The largest absolute Gasteiger partial charge is 0.480 e. The van der Waals surface area contributed by atoms with Gasteiger partial charge in [-0.1, -0.05) is 61.4 Å². The van der Waals surface area contributed by atoms with Gasteiger partial charge in [-0.15, -0.1) is 0 Å². The molecule has 1 heterocycles. The topological polar surface area (TPSA) is 105 Å². The van der Waals surface area contributed by atoms with Crippen LogP contribution in [0.5, 0.6) is 0 Å². The van der Waals surface area contributed by atoms with Crippen LogP contribution in [0.4, 0.5) is 4.79 Å². The van der Waals surface area contributed by atoms with Crippen LogP contribution >= 0.6 is 0 Å². The molecule has 8 nitrogen and oxygen atoms in total. The van der Waals surface area contributed by atoms with Crippen molar-refractivity contribution in [3.63, 3.8) is 0 Å². The number of rotatable bonds is 7. The van der Waals surface area contributed by atoms with Crippen LogP contribution in [0, 0.1) is 0 Å². The highest BCUT2D eigenvalue weighted by Crippen LogP contribution is 2.44. The molecule has 2 amide bonds. The van der Waals surface area contributed by atoms with Gasteiger partial charge in [0, 0.05) is 18.6 Å². The number of hydrogen-bond acceptors (Lipinski definition) is 5. The molecule has 2 aliphatic carbocycles. The van der Waals surface area contributed by atoms with Gasteiger partial charge in [0.05, 0.1) is 6.04 Å². The van der Waals surface area contributed by atoms with Crippen molar-refractivity contribution in [3.05, 3.63) is 59.7 Å². The van der Waals surface area contributed by atoms with E-state index in [0.29, 0.717) is 13.0 Å². The molecular formula is C27H30N2O6. The van der Waals surface area contributed by atoms with Gasteiger partial charge in [-0.05, 0) is 41.5 Å². The SMILES string of the molecule is O=C(O)CN(C(=O)[C@H]1OCC[C@H]1NC(=O)OCC1c2ccccc2-c2ccccc21)C1CCCC1. The van der Waals surface area contributed by atoms with Gasteiger partial charge in [-0.2, -0.15) is 0 Å². The van der Waals surface area contributed by atoms with Gasteiger partial charge in [0.25, 0.3) is 5.91 Å². The maximum atomic E-state index is 13.2. The Hall–Kier alpha value is -3.39. The zero-order chi connectivity index (χ0) is 24.4. The van der Waals surface area contributed by atoms with Crippen molar-refractivity contribution in [2.24, 2.45) is 0 Å². The third-order valence-electron chi connectivity index (χ3n) is 7.34. The Morgan fingerprint density at radius 3 is 2.23 bits per heavy atom. The van der Waals surface area contributed by atoms with E-state index in [1.54, 1.807) is 0 Å². The minimum atomic E-state index is -1.05. The molecule has 0 aromatic heterocycles. The predicted molar refractivity (Wildman–Crippen MR) is 128 cm³/mol. The maximum Gasteiger partial charge on any atom is 0.407 e. The first kappa shape index (κ1) is 23.4. The van der Waals surface area contributed by atoms with Gasteiger partial charge in [0.1, 0.15) is 13.2 Å². The predicted octanol–water partition coefficient (Wildman–Crippen LogP) is 3.54. The summed E-state index contributed by atoms with van der Waals surface area (Å²) < 4.78 is 11.3. The number of carbonyl (C=O) groups is 3. The molecule has 0 unspecified atom stereocenters. The van der Waals surface area contributed by atoms with Crippen LogP contribution in [-0.2, 0) is 19.1 Å². The average Bonchev–Trinajstić information content (AvgIpc) is 3.60. The molecule has 35 heavy (non-hydrogen) atoms. The molecule has 8 heteroatoms. The number of fused-ring (bicyclic) bond motifs is 3. The molecule has 1 aliphatic heterocycles. The molecule has 184 valence electrons. The lowest BCUT2D eigenvalue weighted by Gasteiger charge is -2.31. The number of hydrogen-bond donors (Lipinski definition) is 2. The molecule has 2 aromatic rings. The van der Waals surface area contributed by atoms with E-state index in [9.17, 15) is 19.5 Å². The van der Waals surface area contributed by atoms with Crippen molar-refractivity contribution >= 4 is 18.0 Å². The minimum absolute atomic E-state index is 0.0566. The second-order valence-electron chi connectivity index (χ2n) is 9.45. The Kier molecular flexibility index (Phi) is 6.72. The highest BCUT2D eigenvalue weighted by Gasteiger charge is 2.41. The van der Waals surface area contributed by atoms with Crippen LogP contribution in [0.2, 0.25) is 0 Å². The first-order chi connectivity index (χ1) is 17.0. The van der Waals surface area contributed by atoms with Crippen LogP contribution in [0.25, 0.3) is 11.1 Å². The number of carbonyl (C=O) groups excluding carboxylic acids is 2. The average molecular weight is 479 g/mol. The quantitative estimate of drug-likeness (QED) is 0.631. The van der Waals surface area contributed by atoms with Crippen LogP contribution in [0.1, 0.15) is 49.1 Å². The summed E-state index contributed by atoms with van der Waals surface area (Å²) in [5.41, 5.74) is 4.55. The summed E-state index contributed by atoms with van der Waals surface area (Å²) in [7, 11) is 0. The third-order valence-corrected chi connectivity index (χ3v) is 7.34. The van der Waals surface area contributed by atoms with Gasteiger partial charge in [-0.25, -0.2) is 4.79 Å². The van der Waals surface area contributed by atoms with E-state index in [1.165, 1.54) is 4.90 Å². The van der Waals surface area contributed by atoms with E-state index in [4.69, 9.17) is 9.47 Å². The Morgan fingerprint density at radius 2 is 1.60 bits per heavy atom. The molecule has 3 aliphatic rings. The highest BCUT2D eigenvalue weighted by atomic mass is 16.6. The van der Waals surface area contributed by atoms with Crippen molar-refractivity contribution in [1.29, 1.82) is 0 Å². The molecule has 2 aromatic carbocycles. The molecule has 5 rings (SSSR count). The summed E-state index contributed by atoms with van der Waals surface area (Å²) in [6, 6.07) is 15.6. The van der Waals surface area contributed by atoms with Crippen molar-refractivity contribution in [2.75, 3.05) is 19.8 Å². The van der Waals surface area contributed by atoms with Crippen LogP contribution < -0.4 is 5.32 Å². The number of amides is 2. The zero-order valence-electron chi connectivity index (χ0n) is 19.5. The Labute approximate surface area is 204 Å². The molecule has 0 bridgehead atoms.